The monoisotopic (exact) mass is 368 g/mol. The van der Waals surface area contributed by atoms with E-state index >= 15 is 0 Å². The predicted octanol–water partition coefficient (Wildman–Crippen LogP) is 2.67. The van der Waals surface area contributed by atoms with Gasteiger partial charge in [-0.3, -0.25) is 9.59 Å². The molecular formula is C18H25ClN2O4. The number of hydrogen-bond donors (Lipinski definition) is 2. The van der Waals surface area contributed by atoms with Gasteiger partial charge in [-0.05, 0) is 37.6 Å². The van der Waals surface area contributed by atoms with Crippen LogP contribution in [0.15, 0.2) is 36.5 Å². The topological polar surface area (TPSA) is 76.7 Å². The van der Waals surface area contributed by atoms with Crippen LogP contribution in [0.3, 0.4) is 0 Å². The van der Waals surface area contributed by atoms with Gasteiger partial charge in [-0.25, -0.2) is 0 Å². The third-order valence-corrected chi connectivity index (χ3v) is 3.57. The first-order chi connectivity index (χ1) is 11.9. The number of ether oxygens (including phenoxy) is 2. The maximum Gasteiger partial charge on any atom is 0.257 e. The van der Waals surface area contributed by atoms with Crippen LogP contribution in [-0.2, 0) is 14.3 Å². The lowest BCUT2D eigenvalue weighted by Gasteiger charge is -2.12. The van der Waals surface area contributed by atoms with Crippen LogP contribution >= 0.6 is 11.6 Å². The lowest BCUT2D eigenvalue weighted by Crippen LogP contribution is -2.32. The molecule has 0 radical (unpaired) electrons. The molecule has 0 aliphatic rings. The molecule has 0 spiro atoms. The highest BCUT2D eigenvalue weighted by Crippen LogP contribution is 2.15. The van der Waals surface area contributed by atoms with E-state index in [4.69, 9.17) is 21.1 Å². The molecule has 1 aromatic carbocycles. The molecule has 2 amide bonds. The minimum atomic E-state index is -0.255. The Hall–Kier alpha value is -2.05. The summed E-state index contributed by atoms with van der Waals surface area (Å²) in [6, 6.07) is 6.75. The molecule has 0 aromatic heterocycles. The van der Waals surface area contributed by atoms with Crippen molar-refractivity contribution in [2.24, 2.45) is 0 Å². The van der Waals surface area contributed by atoms with Crippen molar-refractivity contribution in [2.75, 3.05) is 19.8 Å². The third kappa shape index (κ3) is 9.74. The molecule has 0 aliphatic carbocycles. The van der Waals surface area contributed by atoms with Gasteiger partial charge in [0.2, 0.25) is 5.91 Å². The third-order valence-electron chi connectivity index (χ3n) is 3.32. The van der Waals surface area contributed by atoms with E-state index in [0.29, 0.717) is 29.4 Å². The number of amides is 2. The Morgan fingerprint density at radius 1 is 1.20 bits per heavy atom. The Bertz CT molecular complexity index is 575. The fourth-order valence-corrected chi connectivity index (χ4v) is 1.84. The summed E-state index contributed by atoms with van der Waals surface area (Å²) in [5.74, 6) is 0.0643. The summed E-state index contributed by atoms with van der Waals surface area (Å²) in [6.07, 6.45) is 1.32. The van der Waals surface area contributed by atoms with Crippen molar-refractivity contribution in [3.8, 4) is 5.75 Å². The van der Waals surface area contributed by atoms with E-state index < -0.39 is 0 Å². The second-order valence-electron chi connectivity index (χ2n) is 5.52. The molecule has 0 saturated heterocycles. The van der Waals surface area contributed by atoms with E-state index in [-0.39, 0.29) is 31.1 Å². The predicted molar refractivity (Wildman–Crippen MR) is 97.6 cm³/mol. The molecule has 1 atom stereocenters. The largest absolute Gasteiger partial charge is 0.484 e. The van der Waals surface area contributed by atoms with Gasteiger partial charge in [0.25, 0.3) is 5.91 Å². The van der Waals surface area contributed by atoms with Crippen molar-refractivity contribution in [3.05, 3.63) is 41.6 Å². The van der Waals surface area contributed by atoms with Gasteiger partial charge in [0.1, 0.15) is 12.4 Å². The minimum Gasteiger partial charge on any atom is -0.484 e. The van der Waals surface area contributed by atoms with Crippen LogP contribution in [0.4, 0.5) is 0 Å². The number of rotatable bonds is 11. The summed E-state index contributed by atoms with van der Waals surface area (Å²) in [4.78, 5) is 23.3. The average Bonchev–Trinajstić information content (AvgIpc) is 2.59. The highest BCUT2D eigenvalue weighted by atomic mass is 35.5. The van der Waals surface area contributed by atoms with Gasteiger partial charge >= 0.3 is 0 Å². The van der Waals surface area contributed by atoms with Crippen LogP contribution in [0.5, 0.6) is 5.75 Å². The molecule has 6 nitrogen and oxygen atoms in total. The molecule has 1 aromatic rings. The first-order valence-electron chi connectivity index (χ1n) is 8.15. The van der Waals surface area contributed by atoms with Crippen molar-refractivity contribution in [1.29, 1.82) is 0 Å². The van der Waals surface area contributed by atoms with Crippen LogP contribution in [0, 0.1) is 0 Å². The van der Waals surface area contributed by atoms with Gasteiger partial charge in [-0.15, -0.1) is 0 Å². The van der Waals surface area contributed by atoms with Gasteiger partial charge in [0, 0.05) is 23.7 Å². The number of carbonyl (C=O) groups is 2. The van der Waals surface area contributed by atoms with E-state index in [2.05, 4.69) is 17.2 Å². The van der Waals surface area contributed by atoms with Gasteiger partial charge in [0.05, 0.1) is 6.10 Å². The molecular weight excluding hydrogens is 344 g/mol. The SMILES string of the molecule is C=C(CCNC(=O)COc1ccc(Cl)cc1)NC(=O)COC(C)CC. The van der Waals surface area contributed by atoms with E-state index in [1.54, 1.807) is 24.3 Å². The summed E-state index contributed by atoms with van der Waals surface area (Å²) >= 11 is 5.77. The Kier molecular flexibility index (Phi) is 9.65. The van der Waals surface area contributed by atoms with E-state index in [9.17, 15) is 9.59 Å². The van der Waals surface area contributed by atoms with Gasteiger partial charge in [-0.2, -0.15) is 0 Å². The standard InChI is InChI=1S/C18H25ClN2O4/c1-4-14(3)24-12-18(23)21-13(2)9-10-20-17(22)11-25-16-7-5-15(19)6-8-16/h5-8,14H,2,4,9-12H2,1,3H3,(H,20,22)(H,21,23). The van der Waals surface area contributed by atoms with Gasteiger partial charge < -0.3 is 20.1 Å². The summed E-state index contributed by atoms with van der Waals surface area (Å²) in [7, 11) is 0. The number of benzene rings is 1. The fourth-order valence-electron chi connectivity index (χ4n) is 1.72. The summed E-state index contributed by atoms with van der Waals surface area (Å²) < 4.78 is 10.7. The number of carbonyl (C=O) groups excluding carboxylic acids is 2. The molecule has 0 saturated carbocycles. The Morgan fingerprint density at radius 2 is 1.88 bits per heavy atom. The van der Waals surface area contributed by atoms with Crippen LogP contribution in [0.1, 0.15) is 26.7 Å². The van der Waals surface area contributed by atoms with E-state index in [1.807, 2.05) is 13.8 Å². The first-order valence-corrected chi connectivity index (χ1v) is 8.52. The molecule has 1 rings (SSSR count). The molecule has 0 heterocycles. The molecule has 1 unspecified atom stereocenters. The second kappa shape index (κ2) is 11.5. The highest BCUT2D eigenvalue weighted by Gasteiger charge is 2.07. The molecule has 138 valence electrons. The number of halogens is 1. The zero-order valence-corrected chi connectivity index (χ0v) is 15.4. The molecule has 2 N–H and O–H groups in total. The lowest BCUT2D eigenvalue weighted by molar-refractivity contribution is -0.126. The maximum absolute atomic E-state index is 11.7. The normalized spacial score (nSPS) is 11.5. The highest BCUT2D eigenvalue weighted by molar-refractivity contribution is 6.30. The smallest absolute Gasteiger partial charge is 0.257 e. The Morgan fingerprint density at radius 3 is 2.52 bits per heavy atom. The van der Waals surface area contributed by atoms with Gasteiger partial charge in [-0.1, -0.05) is 25.1 Å². The quantitative estimate of drug-likeness (QED) is 0.629. The van der Waals surface area contributed by atoms with E-state index in [1.165, 1.54) is 0 Å². The van der Waals surface area contributed by atoms with Crippen molar-refractivity contribution >= 4 is 23.4 Å². The summed E-state index contributed by atoms with van der Waals surface area (Å²) in [6.45, 7) is 7.91. The second-order valence-corrected chi connectivity index (χ2v) is 5.96. The van der Waals surface area contributed by atoms with E-state index in [0.717, 1.165) is 6.42 Å². The summed E-state index contributed by atoms with van der Waals surface area (Å²) in [5.41, 5.74) is 0.525. The lowest BCUT2D eigenvalue weighted by atomic mass is 10.3. The number of nitrogens with one attached hydrogen (secondary N) is 2. The molecule has 0 fully saturated rings. The zero-order chi connectivity index (χ0) is 18.7. The summed E-state index contributed by atoms with van der Waals surface area (Å²) in [5, 5.41) is 5.94. The molecule has 0 bridgehead atoms. The molecule has 0 aliphatic heterocycles. The van der Waals surface area contributed by atoms with Crippen molar-refractivity contribution < 1.29 is 19.1 Å². The zero-order valence-electron chi connectivity index (χ0n) is 14.6. The van der Waals surface area contributed by atoms with Crippen LogP contribution in [0.25, 0.3) is 0 Å². The van der Waals surface area contributed by atoms with Crippen LogP contribution in [0.2, 0.25) is 5.02 Å². The van der Waals surface area contributed by atoms with Crippen molar-refractivity contribution in [3.63, 3.8) is 0 Å². The van der Waals surface area contributed by atoms with Crippen molar-refractivity contribution in [1.82, 2.24) is 10.6 Å². The Balaban J connectivity index is 2.14. The van der Waals surface area contributed by atoms with Crippen LogP contribution in [-0.4, -0.2) is 37.7 Å². The van der Waals surface area contributed by atoms with Crippen molar-refractivity contribution in [2.45, 2.75) is 32.8 Å². The Labute approximate surface area is 153 Å². The number of hydrogen-bond acceptors (Lipinski definition) is 4. The van der Waals surface area contributed by atoms with Gasteiger partial charge in [0.15, 0.2) is 6.61 Å². The fraction of sp³-hybridized carbons (Fsp3) is 0.444. The molecule has 25 heavy (non-hydrogen) atoms. The average molecular weight is 369 g/mol. The van der Waals surface area contributed by atoms with Crippen LogP contribution < -0.4 is 15.4 Å². The molecule has 7 heteroatoms. The first kappa shape index (κ1) is 21.0. The minimum absolute atomic E-state index is 0.00464. The maximum atomic E-state index is 11.7.